The van der Waals surface area contributed by atoms with Crippen LogP contribution in [0.5, 0.6) is 11.5 Å². The Bertz CT molecular complexity index is 1680. The number of halogens is 2. The lowest BCUT2D eigenvalue weighted by Crippen LogP contribution is -2.54. The smallest absolute Gasteiger partial charge is 0.330 e. The molecule has 0 spiro atoms. The van der Waals surface area contributed by atoms with Crippen LogP contribution in [0.25, 0.3) is 0 Å². The van der Waals surface area contributed by atoms with Crippen molar-refractivity contribution in [3.63, 3.8) is 0 Å². The number of ether oxygens (including phenoxy) is 2. The molecule has 13 heteroatoms. The molecule has 260 valence electrons. The highest BCUT2D eigenvalue weighted by Gasteiger charge is 2.39. The number of nitrogens with zero attached hydrogens (tertiary/aromatic N) is 4. The van der Waals surface area contributed by atoms with E-state index in [-0.39, 0.29) is 52.7 Å². The van der Waals surface area contributed by atoms with E-state index >= 15 is 0 Å². The van der Waals surface area contributed by atoms with Crippen LogP contribution in [0, 0.1) is 0 Å². The Labute approximate surface area is 297 Å². The van der Waals surface area contributed by atoms with Gasteiger partial charge in [-0.05, 0) is 49.5 Å². The van der Waals surface area contributed by atoms with Gasteiger partial charge in [-0.25, -0.2) is 9.79 Å². The molecule has 1 aliphatic carbocycles. The topological polar surface area (TPSA) is 125 Å². The van der Waals surface area contributed by atoms with Crippen molar-refractivity contribution >= 4 is 64.1 Å². The number of amidine groups is 2. The van der Waals surface area contributed by atoms with Gasteiger partial charge in [-0.2, -0.15) is 0 Å². The quantitative estimate of drug-likeness (QED) is 0.250. The lowest BCUT2D eigenvalue weighted by Gasteiger charge is -2.39. The van der Waals surface area contributed by atoms with Gasteiger partial charge >= 0.3 is 6.03 Å². The molecule has 0 radical (unpaired) electrons. The molecule has 2 aromatic carbocycles. The van der Waals surface area contributed by atoms with Crippen molar-refractivity contribution in [3.05, 3.63) is 70.2 Å². The van der Waals surface area contributed by atoms with Gasteiger partial charge in [0.2, 0.25) is 11.8 Å². The van der Waals surface area contributed by atoms with Gasteiger partial charge < -0.3 is 20.1 Å². The maximum atomic E-state index is 14.7. The maximum Gasteiger partial charge on any atom is 0.330 e. The SMILES string of the molecule is C=CC(=O)NC1CCCCC1N=C1CCC/C=C2/CN(c3c(Cl)c(OC)cc(OC)c3Cl)C(=O)N(Cc3cccc(NC(=O)CC)c3)C2=N1. The summed E-state index contributed by atoms with van der Waals surface area (Å²) in [7, 11) is 2.96. The van der Waals surface area contributed by atoms with E-state index in [0.717, 1.165) is 49.7 Å². The number of hydrogen-bond donors (Lipinski definition) is 2. The van der Waals surface area contributed by atoms with E-state index in [2.05, 4.69) is 23.3 Å². The molecular weight excluding hydrogens is 667 g/mol. The second-order valence-corrected chi connectivity index (χ2v) is 12.8. The molecule has 0 bridgehead atoms. The molecule has 49 heavy (non-hydrogen) atoms. The number of nitrogens with one attached hydrogen (secondary N) is 2. The highest BCUT2D eigenvalue weighted by Crippen LogP contribution is 2.47. The molecule has 2 unspecified atom stereocenters. The van der Waals surface area contributed by atoms with Crippen LogP contribution in [0.2, 0.25) is 10.0 Å². The largest absolute Gasteiger partial charge is 0.495 e. The molecule has 2 fully saturated rings. The summed E-state index contributed by atoms with van der Waals surface area (Å²) in [5, 5.41) is 6.28. The number of allylic oxidation sites excluding steroid dienone is 1. The van der Waals surface area contributed by atoms with Crippen LogP contribution in [0.3, 0.4) is 0 Å². The third-order valence-electron chi connectivity index (χ3n) is 8.81. The zero-order chi connectivity index (χ0) is 35.1. The van der Waals surface area contributed by atoms with Crippen LogP contribution >= 0.6 is 23.2 Å². The first-order valence-corrected chi connectivity index (χ1v) is 17.3. The lowest BCUT2D eigenvalue weighted by molar-refractivity contribution is -0.117. The number of fused-ring (bicyclic) bond motifs is 1. The van der Waals surface area contributed by atoms with Gasteiger partial charge in [0, 0.05) is 30.2 Å². The van der Waals surface area contributed by atoms with Gasteiger partial charge in [-0.1, -0.05) is 67.8 Å². The molecule has 0 aromatic heterocycles. The molecular formula is C36H42Cl2N6O5. The Hall–Kier alpha value is -4.35. The average Bonchev–Trinajstić information content (AvgIpc) is 3.09. The number of methoxy groups -OCH3 is 2. The molecule has 2 atom stereocenters. The van der Waals surface area contributed by atoms with Crippen LogP contribution < -0.4 is 25.0 Å². The molecule has 2 aromatic rings. The van der Waals surface area contributed by atoms with Gasteiger partial charge in [-0.15, -0.1) is 0 Å². The van der Waals surface area contributed by atoms with Crippen molar-refractivity contribution in [2.24, 2.45) is 9.98 Å². The van der Waals surface area contributed by atoms with Gasteiger partial charge in [0.15, 0.2) is 0 Å². The van der Waals surface area contributed by atoms with Crippen molar-refractivity contribution in [1.29, 1.82) is 0 Å². The third kappa shape index (κ3) is 8.28. The van der Waals surface area contributed by atoms with E-state index < -0.39 is 6.03 Å². The van der Waals surface area contributed by atoms with Crippen LogP contribution in [-0.4, -0.2) is 67.3 Å². The van der Waals surface area contributed by atoms with Gasteiger partial charge in [0.1, 0.15) is 33.2 Å². The fourth-order valence-electron chi connectivity index (χ4n) is 6.29. The van der Waals surface area contributed by atoms with E-state index in [4.69, 9.17) is 42.7 Å². The molecule has 4 amide bonds. The normalized spacial score (nSPS) is 21.4. The number of hydrogen-bond acceptors (Lipinski definition) is 6. The fourth-order valence-corrected chi connectivity index (χ4v) is 6.99. The lowest BCUT2D eigenvalue weighted by atomic mass is 9.90. The minimum Gasteiger partial charge on any atom is -0.495 e. The van der Waals surface area contributed by atoms with Crippen LogP contribution in [-0.2, 0) is 16.1 Å². The van der Waals surface area contributed by atoms with Crippen molar-refractivity contribution in [1.82, 2.24) is 10.2 Å². The van der Waals surface area contributed by atoms with Crippen molar-refractivity contribution in [2.45, 2.75) is 76.9 Å². The van der Waals surface area contributed by atoms with Crippen LogP contribution in [0.1, 0.15) is 63.9 Å². The van der Waals surface area contributed by atoms with Gasteiger partial charge in [-0.3, -0.25) is 24.4 Å². The van der Waals surface area contributed by atoms with Crippen LogP contribution in [0.4, 0.5) is 16.2 Å². The number of carbonyl (C=O) groups is 3. The summed E-state index contributed by atoms with van der Waals surface area (Å²) < 4.78 is 11.0. The summed E-state index contributed by atoms with van der Waals surface area (Å²) >= 11 is 13.7. The zero-order valence-electron chi connectivity index (χ0n) is 28.1. The van der Waals surface area contributed by atoms with E-state index in [1.165, 1.54) is 25.2 Å². The predicted octanol–water partition coefficient (Wildman–Crippen LogP) is 7.32. The van der Waals surface area contributed by atoms with Gasteiger partial charge in [0.05, 0.1) is 45.1 Å². The number of carbonyl (C=O) groups excluding carboxylic acids is 3. The average molecular weight is 710 g/mol. The Kier molecular flexibility index (Phi) is 12.0. The fraction of sp³-hybridized carbons (Fsp3) is 0.417. The Morgan fingerprint density at radius 2 is 1.84 bits per heavy atom. The van der Waals surface area contributed by atoms with Crippen molar-refractivity contribution < 1.29 is 23.9 Å². The van der Waals surface area contributed by atoms with E-state index in [0.29, 0.717) is 41.7 Å². The first-order chi connectivity index (χ1) is 23.7. The molecule has 1 saturated carbocycles. The summed E-state index contributed by atoms with van der Waals surface area (Å²) in [6.45, 7) is 5.66. The molecule has 11 nitrogen and oxygen atoms in total. The monoisotopic (exact) mass is 708 g/mol. The standard InChI is InChI=1S/C36H42Cl2N6O5/c1-5-30(45)39-24-14-11-12-22(18-24)20-44-35-23(21-43(36(44)47)34-32(37)27(48-3)19-28(49-4)33(34)38)13-7-10-17-29(42-35)40-25-15-8-9-16-26(25)41-31(46)6-2/h6,11-14,18-19,25-26H,2,5,7-10,15-17,20-21H2,1,3-4H3,(H,39,45)(H,41,46)/b23-13-,40-29?,42-35?. The number of benzene rings is 2. The van der Waals surface area contributed by atoms with Crippen molar-refractivity contribution in [3.8, 4) is 11.5 Å². The molecule has 2 heterocycles. The Balaban J connectivity index is 1.61. The third-order valence-corrected chi connectivity index (χ3v) is 9.54. The Morgan fingerprint density at radius 3 is 2.53 bits per heavy atom. The minimum absolute atomic E-state index is 0.116. The minimum atomic E-state index is -0.410. The number of urea groups is 1. The number of rotatable bonds is 10. The molecule has 5 rings (SSSR count). The zero-order valence-corrected chi connectivity index (χ0v) is 29.6. The second kappa shape index (κ2) is 16.4. The number of amides is 4. The highest BCUT2D eigenvalue weighted by molar-refractivity contribution is 6.42. The molecule has 2 N–H and O–H groups in total. The molecule has 1 saturated heterocycles. The summed E-state index contributed by atoms with van der Waals surface area (Å²) in [6, 6.07) is 8.26. The summed E-state index contributed by atoms with van der Waals surface area (Å²) in [4.78, 5) is 52.4. The maximum absolute atomic E-state index is 14.7. The molecule has 2 aliphatic heterocycles. The first-order valence-electron chi connectivity index (χ1n) is 16.5. The second-order valence-electron chi connectivity index (χ2n) is 12.1. The summed E-state index contributed by atoms with van der Waals surface area (Å²) in [5.74, 6) is 1.38. The summed E-state index contributed by atoms with van der Waals surface area (Å²) in [6.07, 6.45) is 9.49. The Morgan fingerprint density at radius 1 is 1.10 bits per heavy atom. The van der Waals surface area contributed by atoms with Crippen molar-refractivity contribution in [2.75, 3.05) is 31.0 Å². The predicted molar refractivity (Wildman–Crippen MR) is 194 cm³/mol. The first kappa shape index (κ1) is 35.9. The summed E-state index contributed by atoms with van der Waals surface area (Å²) in [5.41, 5.74) is 2.46. The van der Waals surface area contributed by atoms with E-state index in [1.54, 1.807) is 24.0 Å². The van der Waals surface area contributed by atoms with Gasteiger partial charge in [0.25, 0.3) is 0 Å². The molecule has 3 aliphatic rings. The number of anilines is 2. The van der Waals surface area contributed by atoms with E-state index in [9.17, 15) is 14.4 Å². The van der Waals surface area contributed by atoms with E-state index in [1.807, 2.05) is 18.2 Å². The van der Waals surface area contributed by atoms with Crippen LogP contribution in [0.15, 0.2) is 64.6 Å². The highest BCUT2D eigenvalue weighted by atomic mass is 35.5. The number of aliphatic imine (C=N–C) groups is 2.